The molecule has 3 unspecified atom stereocenters. The third-order valence-electron chi connectivity index (χ3n) is 2.18. The summed E-state index contributed by atoms with van der Waals surface area (Å²) in [6.07, 6.45) is 1.96. The van der Waals surface area contributed by atoms with Gasteiger partial charge in [0, 0.05) is 12.3 Å². The molecule has 0 aromatic rings. The van der Waals surface area contributed by atoms with E-state index in [2.05, 4.69) is 8.93 Å². The van der Waals surface area contributed by atoms with E-state index in [1.165, 1.54) is 0 Å². The minimum atomic E-state index is 0.427. The molecule has 2 heterocycles. The Balaban J connectivity index is 2.01. The first-order valence-electron chi connectivity index (χ1n) is 3.61. The van der Waals surface area contributed by atoms with Gasteiger partial charge in [-0.25, -0.2) is 0 Å². The first kappa shape index (κ1) is 7.43. The standard InChI is InChI=1S/C6H12O2P2/c9-10-5-3-8-4-1-2-7-6(4)5/h4-6,10H,1-3,9H2/t4-,5?,6+/m1/s1. The molecular weight excluding hydrogens is 166 g/mol. The van der Waals surface area contributed by atoms with E-state index in [1.807, 2.05) is 0 Å². The zero-order valence-electron chi connectivity index (χ0n) is 5.75. The summed E-state index contributed by atoms with van der Waals surface area (Å²) in [5.74, 6) is 0. The van der Waals surface area contributed by atoms with Crippen molar-refractivity contribution in [3.63, 3.8) is 0 Å². The molecular formula is C6H12O2P2. The van der Waals surface area contributed by atoms with Crippen molar-refractivity contribution in [1.29, 1.82) is 0 Å². The molecule has 0 saturated carbocycles. The molecule has 2 nitrogen and oxygen atoms in total. The van der Waals surface area contributed by atoms with Crippen molar-refractivity contribution in [2.45, 2.75) is 24.3 Å². The maximum atomic E-state index is 5.55. The quantitative estimate of drug-likeness (QED) is 0.558. The van der Waals surface area contributed by atoms with Gasteiger partial charge in [0.15, 0.2) is 0 Å². The van der Waals surface area contributed by atoms with E-state index in [0.717, 1.165) is 27.9 Å². The van der Waals surface area contributed by atoms with Gasteiger partial charge in [0.1, 0.15) is 0 Å². The summed E-state index contributed by atoms with van der Waals surface area (Å²) in [5.41, 5.74) is 0.664. The zero-order chi connectivity index (χ0) is 6.97. The van der Waals surface area contributed by atoms with Crippen molar-refractivity contribution >= 4 is 17.2 Å². The Morgan fingerprint density at radius 2 is 2.30 bits per heavy atom. The Morgan fingerprint density at radius 1 is 1.40 bits per heavy atom. The van der Waals surface area contributed by atoms with Crippen LogP contribution in [0.15, 0.2) is 0 Å². The molecule has 0 amide bonds. The first-order chi connectivity index (χ1) is 4.92. The van der Waals surface area contributed by atoms with Crippen LogP contribution in [0.2, 0.25) is 0 Å². The van der Waals surface area contributed by atoms with Crippen molar-refractivity contribution < 1.29 is 9.47 Å². The summed E-state index contributed by atoms with van der Waals surface area (Å²) >= 11 is 0. The Morgan fingerprint density at radius 3 is 3.10 bits per heavy atom. The van der Waals surface area contributed by atoms with Gasteiger partial charge in [0.2, 0.25) is 0 Å². The molecule has 0 N–H and O–H groups in total. The van der Waals surface area contributed by atoms with Crippen molar-refractivity contribution in [3.8, 4) is 0 Å². The SMILES string of the molecule is PPC1CO[C@@H]2CCO[C@H]12. The topological polar surface area (TPSA) is 18.5 Å². The number of fused-ring (bicyclic) bond motifs is 1. The zero-order valence-corrected chi connectivity index (χ0v) is 7.90. The predicted molar refractivity (Wildman–Crippen MR) is 45.9 cm³/mol. The van der Waals surface area contributed by atoms with Crippen LogP contribution in [-0.4, -0.2) is 31.1 Å². The van der Waals surface area contributed by atoms with Crippen molar-refractivity contribution in [1.82, 2.24) is 0 Å². The molecule has 4 heteroatoms. The van der Waals surface area contributed by atoms with Gasteiger partial charge in [0.25, 0.3) is 0 Å². The molecule has 0 radical (unpaired) electrons. The van der Waals surface area contributed by atoms with Crippen LogP contribution in [0.3, 0.4) is 0 Å². The van der Waals surface area contributed by atoms with Crippen LogP contribution in [0, 0.1) is 0 Å². The fraction of sp³-hybridized carbons (Fsp3) is 1.00. The van der Waals surface area contributed by atoms with Gasteiger partial charge >= 0.3 is 0 Å². The Labute approximate surface area is 64.9 Å². The minimum absolute atomic E-state index is 0.427. The summed E-state index contributed by atoms with van der Waals surface area (Å²) in [5, 5.41) is 0. The lowest BCUT2D eigenvalue weighted by Crippen LogP contribution is -2.22. The van der Waals surface area contributed by atoms with Gasteiger partial charge in [-0.05, 0) is 6.42 Å². The average Bonchev–Trinajstić information content (AvgIpc) is 2.44. The van der Waals surface area contributed by atoms with Crippen molar-refractivity contribution in [3.05, 3.63) is 0 Å². The molecule has 2 saturated heterocycles. The molecule has 2 aliphatic heterocycles. The van der Waals surface area contributed by atoms with Gasteiger partial charge < -0.3 is 9.47 Å². The molecule has 10 heavy (non-hydrogen) atoms. The molecule has 0 aromatic heterocycles. The van der Waals surface area contributed by atoms with Crippen LogP contribution in [0.25, 0.3) is 0 Å². The van der Waals surface area contributed by atoms with E-state index in [1.54, 1.807) is 0 Å². The van der Waals surface area contributed by atoms with Crippen LogP contribution in [0.4, 0.5) is 0 Å². The van der Waals surface area contributed by atoms with E-state index in [0.29, 0.717) is 17.9 Å². The lowest BCUT2D eigenvalue weighted by atomic mass is 10.2. The lowest BCUT2D eigenvalue weighted by Gasteiger charge is -2.12. The highest BCUT2D eigenvalue weighted by molar-refractivity contribution is 8.03. The normalized spacial score (nSPS) is 47.1. The van der Waals surface area contributed by atoms with Crippen LogP contribution in [-0.2, 0) is 9.47 Å². The van der Waals surface area contributed by atoms with E-state index >= 15 is 0 Å². The Bertz CT molecular complexity index is 131. The highest BCUT2D eigenvalue weighted by Crippen LogP contribution is 2.40. The molecule has 2 rings (SSSR count). The number of hydrogen-bond donors (Lipinski definition) is 0. The summed E-state index contributed by atoms with van der Waals surface area (Å²) in [6.45, 7) is 1.82. The van der Waals surface area contributed by atoms with E-state index < -0.39 is 0 Å². The summed E-state index contributed by atoms with van der Waals surface area (Å²) in [7, 11) is 3.68. The molecule has 2 fully saturated rings. The smallest absolute Gasteiger partial charge is 0.0927 e. The summed E-state index contributed by atoms with van der Waals surface area (Å²) < 4.78 is 11.1. The Hall–Kier alpha value is 0.780. The molecule has 0 aliphatic carbocycles. The Kier molecular flexibility index (Phi) is 2.25. The third-order valence-corrected chi connectivity index (χ3v) is 4.39. The lowest BCUT2D eigenvalue weighted by molar-refractivity contribution is 0.0738. The maximum absolute atomic E-state index is 5.55. The van der Waals surface area contributed by atoms with Gasteiger partial charge in [0.05, 0.1) is 18.8 Å². The highest BCUT2D eigenvalue weighted by atomic mass is 32.0. The summed E-state index contributed by atoms with van der Waals surface area (Å²) in [4.78, 5) is 0. The van der Waals surface area contributed by atoms with Gasteiger partial charge in [-0.3, -0.25) is 0 Å². The van der Waals surface area contributed by atoms with Gasteiger partial charge in [-0.15, -0.1) is 8.93 Å². The van der Waals surface area contributed by atoms with E-state index in [-0.39, 0.29) is 0 Å². The van der Waals surface area contributed by atoms with Crippen LogP contribution < -0.4 is 0 Å². The maximum Gasteiger partial charge on any atom is 0.0927 e. The highest BCUT2D eigenvalue weighted by Gasteiger charge is 2.40. The minimum Gasteiger partial charge on any atom is -0.375 e. The monoisotopic (exact) mass is 178 g/mol. The number of hydrogen-bond acceptors (Lipinski definition) is 2. The molecule has 5 atom stereocenters. The molecule has 0 spiro atoms. The fourth-order valence-electron chi connectivity index (χ4n) is 1.61. The fourth-order valence-corrected chi connectivity index (χ4v) is 3.16. The second-order valence-electron chi connectivity index (χ2n) is 2.77. The van der Waals surface area contributed by atoms with Crippen LogP contribution in [0.1, 0.15) is 6.42 Å². The van der Waals surface area contributed by atoms with E-state index in [9.17, 15) is 0 Å². The largest absolute Gasteiger partial charge is 0.375 e. The molecule has 0 bridgehead atoms. The van der Waals surface area contributed by atoms with Crippen molar-refractivity contribution in [2.24, 2.45) is 0 Å². The second kappa shape index (κ2) is 3.03. The second-order valence-corrected chi connectivity index (χ2v) is 4.84. The molecule has 2 aliphatic rings. The van der Waals surface area contributed by atoms with E-state index in [4.69, 9.17) is 9.47 Å². The summed E-state index contributed by atoms with van der Waals surface area (Å²) in [6, 6.07) is 0. The average molecular weight is 178 g/mol. The van der Waals surface area contributed by atoms with Gasteiger partial charge in [-0.1, -0.05) is 8.27 Å². The number of ether oxygens (including phenoxy) is 2. The van der Waals surface area contributed by atoms with Crippen LogP contribution >= 0.6 is 17.2 Å². The van der Waals surface area contributed by atoms with Crippen LogP contribution in [0.5, 0.6) is 0 Å². The third kappa shape index (κ3) is 1.12. The van der Waals surface area contributed by atoms with Crippen molar-refractivity contribution in [2.75, 3.05) is 13.2 Å². The predicted octanol–water partition coefficient (Wildman–Crippen LogP) is 1.01. The first-order valence-corrected chi connectivity index (χ1v) is 6.50. The molecule has 58 valence electrons. The molecule has 0 aromatic carbocycles. The number of rotatable bonds is 1. The van der Waals surface area contributed by atoms with Gasteiger partial charge in [-0.2, -0.15) is 0 Å².